The minimum Gasteiger partial charge on any atom is -0.497 e. The first-order valence-electron chi connectivity index (χ1n) is 11.9. The van der Waals surface area contributed by atoms with Crippen LogP contribution in [0, 0.1) is 0 Å². The van der Waals surface area contributed by atoms with E-state index in [1.807, 2.05) is 25.1 Å². The third-order valence-corrected chi connectivity index (χ3v) is 7.03. The maximum Gasteiger partial charge on any atom is 0.240 e. The first kappa shape index (κ1) is 25.5. The summed E-state index contributed by atoms with van der Waals surface area (Å²) in [6.45, 7) is 3.24. The Morgan fingerprint density at radius 1 is 1.11 bits per heavy atom. The van der Waals surface area contributed by atoms with Crippen molar-refractivity contribution in [1.82, 2.24) is 9.80 Å². The number of hydrogen-bond donors (Lipinski definition) is 0. The molecule has 1 fully saturated rings. The Morgan fingerprint density at radius 3 is 2.58 bits per heavy atom. The van der Waals surface area contributed by atoms with Crippen LogP contribution in [0.5, 0.6) is 17.2 Å². The van der Waals surface area contributed by atoms with Crippen LogP contribution in [0.4, 0.5) is 0 Å². The van der Waals surface area contributed by atoms with Crippen LogP contribution in [0.1, 0.15) is 36.9 Å². The van der Waals surface area contributed by atoms with Crippen molar-refractivity contribution in [2.75, 3.05) is 47.6 Å². The second kappa shape index (κ2) is 10.6. The third kappa shape index (κ3) is 4.75. The Hall–Kier alpha value is -3.59. The fourth-order valence-electron chi connectivity index (χ4n) is 4.74. The lowest BCUT2D eigenvalue weighted by Crippen LogP contribution is -2.43. The highest BCUT2D eigenvalue weighted by molar-refractivity contribution is 6.10. The Labute approximate surface area is 210 Å². The lowest BCUT2D eigenvalue weighted by atomic mass is 9.75. The van der Waals surface area contributed by atoms with E-state index >= 15 is 0 Å². The van der Waals surface area contributed by atoms with Gasteiger partial charge in [-0.05, 0) is 42.3 Å². The molecule has 0 bridgehead atoms. The molecule has 0 radical (unpaired) electrons. The number of methoxy groups -OCH3 is 2. The molecule has 0 unspecified atom stereocenters. The van der Waals surface area contributed by atoms with Crippen molar-refractivity contribution < 1.29 is 33.3 Å². The third-order valence-electron chi connectivity index (χ3n) is 7.03. The molecule has 2 aliphatic rings. The van der Waals surface area contributed by atoms with E-state index in [0.29, 0.717) is 36.0 Å². The Bertz CT molecular complexity index is 1150. The van der Waals surface area contributed by atoms with E-state index in [2.05, 4.69) is 0 Å². The zero-order valence-electron chi connectivity index (χ0n) is 21.1. The van der Waals surface area contributed by atoms with Crippen molar-refractivity contribution in [3.63, 3.8) is 0 Å². The van der Waals surface area contributed by atoms with E-state index in [1.165, 1.54) is 19.1 Å². The Kier molecular flexibility index (Phi) is 7.49. The number of rotatable bonds is 9. The van der Waals surface area contributed by atoms with Gasteiger partial charge in [0.05, 0.1) is 31.7 Å². The lowest BCUT2D eigenvalue weighted by molar-refractivity contribution is -0.143. The van der Waals surface area contributed by atoms with Gasteiger partial charge in [0, 0.05) is 27.0 Å². The number of ether oxygens (including phenoxy) is 4. The molecule has 1 saturated heterocycles. The average molecular weight is 497 g/mol. The van der Waals surface area contributed by atoms with Crippen molar-refractivity contribution in [2.24, 2.45) is 0 Å². The molecule has 2 heterocycles. The van der Waals surface area contributed by atoms with Crippen molar-refractivity contribution in [2.45, 2.75) is 31.2 Å². The summed E-state index contributed by atoms with van der Waals surface area (Å²) in [6.07, 6.45) is -0.250. The molecule has 9 nitrogen and oxygen atoms in total. The Morgan fingerprint density at radius 2 is 1.86 bits per heavy atom. The number of amides is 3. The van der Waals surface area contributed by atoms with Gasteiger partial charge < -0.3 is 23.8 Å². The van der Waals surface area contributed by atoms with Gasteiger partial charge in [0.15, 0.2) is 11.5 Å². The number of nitrogens with zero attached hydrogens (tertiary/aromatic N) is 2. The van der Waals surface area contributed by atoms with Gasteiger partial charge in [0.2, 0.25) is 17.7 Å². The van der Waals surface area contributed by atoms with E-state index in [0.717, 1.165) is 5.56 Å². The van der Waals surface area contributed by atoms with Gasteiger partial charge >= 0.3 is 0 Å². The normalized spacial score (nSPS) is 19.8. The molecule has 9 heteroatoms. The highest BCUT2D eigenvalue weighted by Gasteiger charge is 2.54. The maximum absolute atomic E-state index is 13.7. The second-order valence-electron chi connectivity index (χ2n) is 9.09. The van der Waals surface area contributed by atoms with Gasteiger partial charge in [-0.25, -0.2) is 0 Å². The van der Waals surface area contributed by atoms with Gasteiger partial charge in [0.25, 0.3) is 0 Å². The fourth-order valence-corrected chi connectivity index (χ4v) is 4.74. The molecular formula is C27H32N2O7. The van der Waals surface area contributed by atoms with Crippen molar-refractivity contribution in [1.29, 1.82) is 0 Å². The summed E-state index contributed by atoms with van der Waals surface area (Å²) in [7, 11) is 4.75. The van der Waals surface area contributed by atoms with Gasteiger partial charge in [-0.15, -0.1) is 0 Å². The molecule has 2 atom stereocenters. The molecule has 36 heavy (non-hydrogen) atoms. The minimum absolute atomic E-state index is 0.0965. The lowest BCUT2D eigenvalue weighted by Gasteiger charge is -2.32. The van der Waals surface area contributed by atoms with Crippen molar-refractivity contribution >= 4 is 17.7 Å². The molecular weight excluding hydrogens is 464 g/mol. The molecule has 0 aromatic heterocycles. The highest BCUT2D eigenvalue weighted by atomic mass is 16.6. The van der Waals surface area contributed by atoms with E-state index in [4.69, 9.17) is 18.9 Å². The van der Waals surface area contributed by atoms with Crippen LogP contribution in [-0.4, -0.2) is 75.2 Å². The first-order valence-corrected chi connectivity index (χ1v) is 11.9. The minimum atomic E-state index is -1.32. The maximum atomic E-state index is 13.7. The number of imide groups is 1. The monoisotopic (exact) mass is 496 g/mol. The molecule has 0 aliphatic carbocycles. The summed E-state index contributed by atoms with van der Waals surface area (Å²) in [5.74, 6) is 0.892. The fraction of sp³-hybridized carbons (Fsp3) is 0.444. The van der Waals surface area contributed by atoms with Crippen LogP contribution in [0.3, 0.4) is 0 Å². The predicted molar refractivity (Wildman–Crippen MR) is 131 cm³/mol. The zero-order chi connectivity index (χ0) is 25.9. The molecule has 0 N–H and O–H groups in total. The second-order valence-corrected chi connectivity index (χ2v) is 9.09. The largest absolute Gasteiger partial charge is 0.497 e. The number of hydrogen-bond acceptors (Lipinski definition) is 7. The number of carbonyl (C=O) groups is 3. The van der Waals surface area contributed by atoms with Crippen LogP contribution in [0.15, 0.2) is 42.5 Å². The summed E-state index contributed by atoms with van der Waals surface area (Å²) in [5.41, 5.74) is 0.131. The van der Waals surface area contributed by atoms with Crippen LogP contribution in [0.25, 0.3) is 0 Å². The van der Waals surface area contributed by atoms with Crippen LogP contribution in [0.2, 0.25) is 0 Å². The molecule has 2 aromatic carbocycles. The quantitative estimate of drug-likeness (QED) is 0.493. The van der Waals surface area contributed by atoms with E-state index in [-0.39, 0.29) is 43.8 Å². The average Bonchev–Trinajstić information content (AvgIpc) is 3.15. The summed E-state index contributed by atoms with van der Waals surface area (Å²) < 4.78 is 21.7. The van der Waals surface area contributed by atoms with E-state index in [1.54, 1.807) is 36.2 Å². The van der Waals surface area contributed by atoms with Gasteiger partial charge in [-0.2, -0.15) is 0 Å². The molecule has 2 aliphatic heterocycles. The molecule has 3 amide bonds. The first-order chi connectivity index (χ1) is 17.3. The molecule has 2 aromatic rings. The van der Waals surface area contributed by atoms with Gasteiger partial charge in [-0.1, -0.05) is 18.2 Å². The SMILES string of the molecule is COCCN1C(=O)C[C@](CC(=O)N(C)[C@H](C)c2ccc3c(c2)OCCO3)(c2cccc(OC)c2)C1=O. The molecule has 4 rings (SSSR count). The van der Waals surface area contributed by atoms with Crippen LogP contribution >= 0.6 is 0 Å². The molecule has 0 saturated carbocycles. The van der Waals surface area contributed by atoms with Crippen LogP contribution < -0.4 is 14.2 Å². The summed E-state index contributed by atoms with van der Waals surface area (Å²) in [5, 5.41) is 0. The Balaban J connectivity index is 1.62. The van der Waals surface area contributed by atoms with Crippen LogP contribution in [-0.2, 0) is 24.5 Å². The summed E-state index contributed by atoms with van der Waals surface area (Å²) in [6, 6.07) is 12.3. The standard InChI is InChI=1S/C27H32N2O7/c1-18(19-8-9-22-23(14-19)36-13-12-35-22)28(2)24(30)16-27(20-6-5-7-21(15-20)34-4)17-25(31)29(26(27)32)10-11-33-3/h5-9,14-15,18H,10-13,16-17H2,1-4H3/t18-,27-/m1/s1. The highest BCUT2D eigenvalue weighted by Crippen LogP contribution is 2.42. The smallest absolute Gasteiger partial charge is 0.240 e. The summed E-state index contributed by atoms with van der Waals surface area (Å²) in [4.78, 5) is 43.1. The number of carbonyl (C=O) groups excluding carboxylic acids is 3. The van der Waals surface area contributed by atoms with Gasteiger partial charge in [-0.3, -0.25) is 19.3 Å². The van der Waals surface area contributed by atoms with E-state index < -0.39 is 11.3 Å². The zero-order valence-corrected chi connectivity index (χ0v) is 21.1. The predicted octanol–water partition coefficient (Wildman–Crippen LogP) is 2.72. The van der Waals surface area contributed by atoms with E-state index in [9.17, 15) is 14.4 Å². The number of fused-ring (bicyclic) bond motifs is 1. The number of benzene rings is 2. The van der Waals surface area contributed by atoms with Gasteiger partial charge in [0.1, 0.15) is 19.0 Å². The topological polar surface area (TPSA) is 94.6 Å². The van der Waals surface area contributed by atoms with Crippen molar-refractivity contribution in [3.8, 4) is 17.2 Å². The molecule has 0 spiro atoms. The molecule has 192 valence electrons. The number of likely N-dealkylation sites (tertiary alicyclic amines) is 1. The summed E-state index contributed by atoms with van der Waals surface area (Å²) >= 11 is 0. The van der Waals surface area contributed by atoms with Crippen molar-refractivity contribution in [3.05, 3.63) is 53.6 Å².